The number of benzene rings is 2. The molecular weight excluding hydrogens is 572 g/mol. The molecule has 0 unspecified atom stereocenters. The van der Waals surface area contributed by atoms with Crippen molar-refractivity contribution in [2.45, 2.75) is 39.0 Å². The fraction of sp³-hybridized carbons (Fsp3) is 0.286. The molecule has 0 saturated heterocycles. The summed E-state index contributed by atoms with van der Waals surface area (Å²) in [6.07, 6.45) is -10.5. The van der Waals surface area contributed by atoms with Crippen LogP contribution in [-0.2, 0) is 17.4 Å². The molecule has 2 aromatic carbocycles. The van der Waals surface area contributed by atoms with Gasteiger partial charge in [-0.3, -0.25) is 19.9 Å². The Morgan fingerprint density at radius 1 is 0.929 bits per heavy atom. The minimum atomic E-state index is -5.24. The van der Waals surface area contributed by atoms with Gasteiger partial charge in [0.05, 0.1) is 23.4 Å². The number of carbonyl (C=O) groups is 3. The predicted molar refractivity (Wildman–Crippen MR) is 140 cm³/mol. The van der Waals surface area contributed by atoms with Crippen molar-refractivity contribution in [2.75, 3.05) is 17.2 Å². The molecule has 3 rings (SSSR count). The van der Waals surface area contributed by atoms with Crippen molar-refractivity contribution in [2.24, 2.45) is 5.92 Å². The van der Waals surface area contributed by atoms with E-state index in [2.05, 4.69) is 9.72 Å². The number of hydrogen-bond acceptors (Lipinski definition) is 5. The van der Waals surface area contributed by atoms with Crippen LogP contribution in [-0.4, -0.2) is 40.7 Å². The SMILES string of the molecule is CC(C)Cc1cc(-c2cccc(C(=O)CC(=O)Nc3cc(C(F)(F)F)c(OCC(F)(F)F)cc3NC(=O)O)c2)ccn1. The highest BCUT2D eigenvalue weighted by molar-refractivity contribution is 6.12. The molecule has 0 fully saturated rings. The summed E-state index contributed by atoms with van der Waals surface area (Å²) < 4.78 is 82.8. The van der Waals surface area contributed by atoms with Crippen LogP contribution in [0.2, 0.25) is 0 Å². The molecule has 8 nitrogen and oxygen atoms in total. The van der Waals surface area contributed by atoms with Gasteiger partial charge < -0.3 is 15.2 Å². The maximum atomic E-state index is 13.6. The number of nitrogens with zero attached hydrogens (tertiary/aromatic N) is 1. The lowest BCUT2D eigenvalue weighted by Crippen LogP contribution is -2.22. The van der Waals surface area contributed by atoms with Crippen molar-refractivity contribution in [3.8, 4) is 16.9 Å². The Kier molecular flexibility index (Phi) is 9.81. The second kappa shape index (κ2) is 12.9. The topological polar surface area (TPSA) is 118 Å². The largest absolute Gasteiger partial charge is 0.483 e. The summed E-state index contributed by atoms with van der Waals surface area (Å²) in [6.45, 7) is 2.00. The lowest BCUT2D eigenvalue weighted by atomic mass is 9.99. The summed E-state index contributed by atoms with van der Waals surface area (Å²) in [5.41, 5.74) is -0.748. The number of rotatable bonds is 10. The summed E-state index contributed by atoms with van der Waals surface area (Å²) >= 11 is 0. The fourth-order valence-corrected chi connectivity index (χ4v) is 3.90. The molecular formula is C28H25F6N3O5. The van der Waals surface area contributed by atoms with Gasteiger partial charge in [-0.15, -0.1) is 0 Å². The Labute approximate surface area is 235 Å². The van der Waals surface area contributed by atoms with Crippen molar-refractivity contribution in [1.82, 2.24) is 4.98 Å². The summed E-state index contributed by atoms with van der Waals surface area (Å²) in [5, 5.41) is 12.8. The third kappa shape index (κ3) is 9.21. The quantitative estimate of drug-likeness (QED) is 0.129. The van der Waals surface area contributed by atoms with Crippen molar-refractivity contribution < 1.29 is 50.6 Å². The van der Waals surface area contributed by atoms with E-state index >= 15 is 0 Å². The number of aromatic nitrogens is 1. The van der Waals surface area contributed by atoms with E-state index in [0.717, 1.165) is 17.7 Å². The van der Waals surface area contributed by atoms with Crippen LogP contribution in [0.15, 0.2) is 54.7 Å². The highest BCUT2D eigenvalue weighted by atomic mass is 19.4. The zero-order chi connectivity index (χ0) is 31.2. The molecule has 0 aliphatic rings. The first kappa shape index (κ1) is 31.9. The van der Waals surface area contributed by atoms with Gasteiger partial charge in [-0.2, -0.15) is 26.3 Å². The molecule has 0 spiro atoms. The van der Waals surface area contributed by atoms with Gasteiger partial charge in [-0.05, 0) is 47.7 Å². The summed E-state index contributed by atoms with van der Waals surface area (Å²) in [6, 6.07) is 10.5. The number of ketones is 1. The lowest BCUT2D eigenvalue weighted by Gasteiger charge is -2.19. The van der Waals surface area contributed by atoms with Crippen LogP contribution in [0.1, 0.15) is 41.9 Å². The molecule has 0 aliphatic heterocycles. The zero-order valence-corrected chi connectivity index (χ0v) is 22.2. The maximum absolute atomic E-state index is 13.6. The Morgan fingerprint density at radius 2 is 1.60 bits per heavy atom. The van der Waals surface area contributed by atoms with Gasteiger partial charge in [-0.1, -0.05) is 32.0 Å². The number of alkyl halides is 6. The minimum absolute atomic E-state index is 0.126. The highest BCUT2D eigenvalue weighted by Crippen LogP contribution is 2.42. The van der Waals surface area contributed by atoms with Gasteiger partial charge in [0.15, 0.2) is 12.4 Å². The van der Waals surface area contributed by atoms with Gasteiger partial charge in [0.25, 0.3) is 0 Å². The van der Waals surface area contributed by atoms with Gasteiger partial charge in [0.2, 0.25) is 5.91 Å². The number of ether oxygens (including phenoxy) is 1. The van der Waals surface area contributed by atoms with Crippen LogP contribution in [0, 0.1) is 5.92 Å². The number of carbonyl (C=O) groups excluding carboxylic acids is 2. The summed E-state index contributed by atoms with van der Waals surface area (Å²) in [4.78, 5) is 41.0. The van der Waals surface area contributed by atoms with Crippen LogP contribution in [0.25, 0.3) is 11.1 Å². The third-order valence-electron chi connectivity index (χ3n) is 5.61. The number of anilines is 2. The number of nitrogens with one attached hydrogen (secondary N) is 2. The van der Waals surface area contributed by atoms with E-state index in [-0.39, 0.29) is 11.6 Å². The van der Waals surface area contributed by atoms with E-state index in [4.69, 9.17) is 5.11 Å². The molecule has 0 radical (unpaired) electrons. The first-order chi connectivity index (χ1) is 19.5. The molecule has 14 heteroatoms. The molecule has 0 saturated carbocycles. The van der Waals surface area contributed by atoms with Crippen molar-refractivity contribution >= 4 is 29.2 Å². The van der Waals surface area contributed by atoms with E-state index in [0.29, 0.717) is 17.5 Å². The molecule has 0 aliphatic carbocycles. The Bertz CT molecular complexity index is 1470. The van der Waals surface area contributed by atoms with E-state index in [1.165, 1.54) is 12.1 Å². The smallest absolute Gasteiger partial charge is 0.422 e. The first-order valence-corrected chi connectivity index (χ1v) is 12.3. The number of hydrogen-bond donors (Lipinski definition) is 3. The second-order valence-electron chi connectivity index (χ2n) is 9.59. The summed E-state index contributed by atoms with van der Waals surface area (Å²) in [5.74, 6) is -2.75. The third-order valence-corrected chi connectivity index (χ3v) is 5.61. The van der Waals surface area contributed by atoms with Gasteiger partial charge in [-0.25, -0.2) is 4.79 Å². The van der Waals surface area contributed by atoms with Crippen LogP contribution in [0.3, 0.4) is 0 Å². The monoisotopic (exact) mass is 597 g/mol. The van der Waals surface area contributed by atoms with Crippen LogP contribution >= 0.6 is 0 Å². The molecule has 0 atom stereocenters. The molecule has 3 aromatic rings. The van der Waals surface area contributed by atoms with Gasteiger partial charge in [0.1, 0.15) is 5.75 Å². The van der Waals surface area contributed by atoms with Crippen molar-refractivity contribution in [1.29, 1.82) is 0 Å². The number of halogens is 6. The van der Waals surface area contributed by atoms with Crippen LogP contribution in [0.4, 0.5) is 42.5 Å². The van der Waals surface area contributed by atoms with E-state index in [9.17, 15) is 40.7 Å². The van der Waals surface area contributed by atoms with Crippen molar-refractivity contribution in [3.05, 3.63) is 71.5 Å². The standard InChI is InChI=1S/C28H25F6N3O5/c1-15(2)8-19-10-17(6-7-35-19)16-4-3-5-18(9-16)23(38)13-25(39)36-21-11-20(28(32,33)34)24(42-14-27(29,30)31)12-22(21)37-26(40)41/h3-7,9-12,15,37H,8,13-14H2,1-2H3,(H,36,39)(H,40,41). The predicted octanol–water partition coefficient (Wildman–Crippen LogP) is 7.21. The van der Waals surface area contributed by atoms with E-state index in [1.807, 2.05) is 25.2 Å². The van der Waals surface area contributed by atoms with Crippen molar-refractivity contribution in [3.63, 3.8) is 0 Å². The maximum Gasteiger partial charge on any atom is 0.422 e. The normalized spacial score (nSPS) is 11.7. The average Bonchev–Trinajstić information content (AvgIpc) is 2.87. The number of amides is 2. The van der Waals surface area contributed by atoms with Gasteiger partial charge in [0, 0.05) is 23.5 Å². The Hall–Kier alpha value is -4.62. The molecule has 1 aromatic heterocycles. The van der Waals surface area contributed by atoms with Crippen LogP contribution < -0.4 is 15.4 Å². The first-order valence-electron chi connectivity index (χ1n) is 12.3. The summed E-state index contributed by atoms with van der Waals surface area (Å²) in [7, 11) is 0. The highest BCUT2D eigenvalue weighted by Gasteiger charge is 2.37. The molecule has 3 N–H and O–H groups in total. The van der Waals surface area contributed by atoms with Crippen LogP contribution in [0.5, 0.6) is 5.75 Å². The number of carboxylic acid groups (broad SMARTS) is 1. The Balaban J connectivity index is 1.85. The molecule has 224 valence electrons. The fourth-order valence-electron chi connectivity index (χ4n) is 3.90. The molecule has 42 heavy (non-hydrogen) atoms. The minimum Gasteiger partial charge on any atom is -0.483 e. The second-order valence-corrected chi connectivity index (χ2v) is 9.59. The van der Waals surface area contributed by atoms with E-state index < -0.39 is 65.9 Å². The molecule has 0 bridgehead atoms. The van der Waals surface area contributed by atoms with Gasteiger partial charge >= 0.3 is 18.4 Å². The average molecular weight is 598 g/mol. The Morgan fingerprint density at radius 3 is 2.21 bits per heavy atom. The lowest BCUT2D eigenvalue weighted by molar-refractivity contribution is -0.158. The number of Topliss-reactive ketones (excluding diaryl/α,β-unsaturated/α-hetero) is 1. The molecule has 1 heterocycles. The van der Waals surface area contributed by atoms with E-state index in [1.54, 1.807) is 29.7 Å². The zero-order valence-electron chi connectivity index (χ0n) is 22.2. The molecule has 2 amide bonds. The number of pyridine rings is 1.